The van der Waals surface area contributed by atoms with E-state index in [9.17, 15) is 14.7 Å². The zero-order chi connectivity index (χ0) is 18.2. The number of carboxylic acids is 1. The summed E-state index contributed by atoms with van der Waals surface area (Å²) >= 11 is 0. The Kier molecular flexibility index (Phi) is 4.41. The van der Waals surface area contributed by atoms with Crippen molar-refractivity contribution in [3.8, 4) is 5.75 Å². The van der Waals surface area contributed by atoms with Crippen molar-refractivity contribution in [1.82, 2.24) is 4.90 Å². The number of ether oxygens (including phenoxy) is 1. The van der Waals surface area contributed by atoms with Gasteiger partial charge in [-0.2, -0.15) is 0 Å². The lowest BCUT2D eigenvalue weighted by atomic mass is 9.93. The van der Waals surface area contributed by atoms with Gasteiger partial charge in [0.25, 0.3) is 0 Å². The van der Waals surface area contributed by atoms with Crippen molar-refractivity contribution in [3.63, 3.8) is 0 Å². The molecule has 1 aliphatic heterocycles. The fourth-order valence-corrected chi connectivity index (χ4v) is 3.55. The van der Waals surface area contributed by atoms with Gasteiger partial charge in [-0.25, -0.2) is 4.79 Å². The molecular weight excluding hydrogens is 318 g/mol. The number of fused-ring (bicyclic) bond motifs is 1. The van der Waals surface area contributed by atoms with Crippen molar-refractivity contribution in [1.29, 1.82) is 0 Å². The van der Waals surface area contributed by atoms with Gasteiger partial charge in [-0.15, -0.1) is 0 Å². The molecular formula is C20H23NO4. The molecule has 0 saturated carbocycles. The second-order valence-electron chi connectivity index (χ2n) is 6.87. The van der Waals surface area contributed by atoms with Crippen LogP contribution in [-0.4, -0.2) is 41.1 Å². The Hall–Kier alpha value is -2.56. The molecule has 1 fully saturated rings. The summed E-state index contributed by atoms with van der Waals surface area (Å²) < 4.78 is 5.23. The van der Waals surface area contributed by atoms with Crippen molar-refractivity contribution in [2.24, 2.45) is 0 Å². The van der Waals surface area contributed by atoms with Gasteiger partial charge >= 0.3 is 5.97 Å². The predicted molar refractivity (Wildman–Crippen MR) is 95.9 cm³/mol. The first-order valence-electron chi connectivity index (χ1n) is 8.49. The highest BCUT2D eigenvalue weighted by atomic mass is 16.5. The lowest BCUT2D eigenvalue weighted by molar-refractivity contribution is -0.155. The Bertz CT molecular complexity index is 832. The number of rotatable bonds is 4. The van der Waals surface area contributed by atoms with Gasteiger partial charge < -0.3 is 14.7 Å². The molecule has 1 aliphatic rings. The van der Waals surface area contributed by atoms with Crippen LogP contribution in [0.15, 0.2) is 36.4 Å². The second-order valence-corrected chi connectivity index (χ2v) is 6.87. The molecule has 1 heterocycles. The van der Waals surface area contributed by atoms with Crippen LogP contribution in [0.2, 0.25) is 0 Å². The first kappa shape index (κ1) is 17.3. The highest BCUT2D eigenvalue weighted by molar-refractivity contribution is 5.92. The van der Waals surface area contributed by atoms with Crippen molar-refractivity contribution < 1.29 is 19.4 Å². The second kappa shape index (κ2) is 6.39. The molecule has 0 bridgehead atoms. The van der Waals surface area contributed by atoms with Crippen LogP contribution < -0.4 is 4.74 Å². The van der Waals surface area contributed by atoms with Gasteiger partial charge in [-0.05, 0) is 55.2 Å². The Labute approximate surface area is 147 Å². The summed E-state index contributed by atoms with van der Waals surface area (Å²) in [5.74, 6) is -0.659. The number of nitrogens with zero attached hydrogens (tertiary/aromatic N) is 1. The maximum Gasteiger partial charge on any atom is 0.329 e. The molecule has 2 aromatic rings. The van der Waals surface area contributed by atoms with Crippen LogP contribution in [0.3, 0.4) is 0 Å². The Morgan fingerprint density at radius 1 is 1.20 bits per heavy atom. The third kappa shape index (κ3) is 2.95. The fraction of sp³-hybridized carbons (Fsp3) is 0.400. The summed E-state index contributed by atoms with van der Waals surface area (Å²) in [6, 6.07) is 11.7. The molecule has 2 aromatic carbocycles. The predicted octanol–water partition coefficient (Wildman–Crippen LogP) is 3.42. The molecule has 5 heteroatoms. The number of methoxy groups -OCH3 is 1. The Balaban J connectivity index is 1.89. The largest absolute Gasteiger partial charge is 0.497 e. The minimum atomic E-state index is -1.10. The third-order valence-electron chi connectivity index (χ3n) is 5.31. The molecule has 1 N–H and O–H groups in total. The standard InChI is InChI=1S/C20H23NO4/c1-13(18(22)21-10-4-9-20(21,2)19(23)24)14-5-6-16-12-17(25-3)8-7-15(16)11-14/h5-8,11-13H,4,9-10H2,1-3H3,(H,23,24)/t13-,20?/m0/s1. The SMILES string of the molecule is COc1ccc2cc([C@H](C)C(=O)N3CCCC3(C)C(=O)O)ccc2c1. The zero-order valence-electron chi connectivity index (χ0n) is 14.8. The molecule has 0 spiro atoms. The molecule has 3 rings (SSSR count). The van der Waals surface area contributed by atoms with Crippen LogP contribution >= 0.6 is 0 Å². The molecule has 5 nitrogen and oxygen atoms in total. The van der Waals surface area contributed by atoms with Crippen LogP contribution in [0.5, 0.6) is 5.75 Å². The Morgan fingerprint density at radius 3 is 2.56 bits per heavy atom. The first-order valence-corrected chi connectivity index (χ1v) is 8.49. The van der Waals surface area contributed by atoms with E-state index in [2.05, 4.69) is 0 Å². The number of amides is 1. The lowest BCUT2D eigenvalue weighted by Gasteiger charge is -2.33. The van der Waals surface area contributed by atoms with Crippen molar-refractivity contribution in [3.05, 3.63) is 42.0 Å². The minimum Gasteiger partial charge on any atom is -0.497 e. The smallest absolute Gasteiger partial charge is 0.329 e. The quantitative estimate of drug-likeness (QED) is 0.925. The van der Waals surface area contributed by atoms with Gasteiger partial charge in [0.1, 0.15) is 11.3 Å². The van der Waals surface area contributed by atoms with Gasteiger partial charge in [-0.1, -0.05) is 24.3 Å². The lowest BCUT2D eigenvalue weighted by Crippen LogP contribution is -2.51. The van der Waals surface area contributed by atoms with Crippen molar-refractivity contribution in [2.45, 2.75) is 38.1 Å². The van der Waals surface area contributed by atoms with E-state index in [0.29, 0.717) is 13.0 Å². The summed E-state index contributed by atoms with van der Waals surface area (Å²) in [5, 5.41) is 11.6. The molecule has 0 aromatic heterocycles. The highest BCUT2D eigenvalue weighted by Gasteiger charge is 2.46. The Morgan fingerprint density at radius 2 is 1.88 bits per heavy atom. The summed E-state index contributed by atoms with van der Waals surface area (Å²) in [5.41, 5.74) is -0.211. The van der Waals surface area contributed by atoms with Crippen molar-refractivity contribution in [2.75, 3.05) is 13.7 Å². The van der Waals surface area contributed by atoms with E-state index >= 15 is 0 Å². The number of hydrogen-bond donors (Lipinski definition) is 1. The van der Waals surface area contributed by atoms with Crippen LogP contribution in [0.25, 0.3) is 10.8 Å². The molecule has 132 valence electrons. The number of carboxylic acid groups (broad SMARTS) is 1. The summed E-state index contributed by atoms with van der Waals surface area (Å²) in [4.78, 5) is 26.1. The molecule has 1 unspecified atom stereocenters. The minimum absolute atomic E-state index is 0.129. The van der Waals surface area contributed by atoms with E-state index in [-0.39, 0.29) is 11.8 Å². The van der Waals surface area contributed by atoms with Crippen molar-refractivity contribution >= 4 is 22.6 Å². The topological polar surface area (TPSA) is 66.8 Å². The van der Waals surface area contributed by atoms with E-state index in [1.54, 1.807) is 14.0 Å². The third-order valence-corrected chi connectivity index (χ3v) is 5.31. The summed E-state index contributed by atoms with van der Waals surface area (Å²) in [7, 11) is 1.63. The van der Waals surface area contributed by atoms with E-state index in [1.165, 1.54) is 4.90 Å². The first-order chi connectivity index (χ1) is 11.9. The number of carbonyl (C=O) groups excluding carboxylic acids is 1. The number of benzene rings is 2. The monoisotopic (exact) mass is 341 g/mol. The van der Waals surface area contributed by atoms with Gasteiger partial charge in [0.15, 0.2) is 0 Å². The van der Waals surface area contributed by atoms with Gasteiger partial charge in [0.05, 0.1) is 13.0 Å². The van der Waals surface area contributed by atoms with Crippen LogP contribution in [0, 0.1) is 0 Å². The van der Waals surface area contributed by atoms with Crippen LogP contribution in [0.1, 0.15) is 38.2 Å². The normalized spacial score (nSPS) is 21.3. The highest BCUT2D eigenvalue weighted by Crippen LogP contribution is 2.33. The van der Waals surface area contributed by atoms with Crippen LogP contribution in [0.4, 0.5) is 0 Å². The molecule has 1 saturated heterocycles. The summed E-state index contributed by atoms with van der Waals surface area (Å²) in [6.07, 6.45) is 1.22. The van der Waals surface area contributed by atoms with Gasteiger partial charge in [0.2, 0.25) is 5.91 Å². The average Bonchev–Trinajstić information content (AvgIpc) is 3.02. The van der Waals surface area contributed by atoms with Gasteiger partial charge in [-0.3, -0.25) is 4.79 Å². The average molecular weight is 341 g/mol. The molecule has 0 aliphatic carbocycles. The van der Waals surface area contributed by atoms with E-state index < -0.39 is 11.5 Å². The molecule has 2 atom stereocenters. The molecule has 25 heavy (non-hydrogen) atoms. The number of carbonyl (C=O) groups is 2. The van der Waals surface area contributed by atoms with E-state index in [1.807, 2.05) is 43.3 Å². The maximum atomic E-state index is 12.9. The number of hydrogen-bond acceptors (Lipinski definition) is 3. The van der Waals surface area contributed by atoms with Gasteiger partial charge in [0, 0.05) is 6.54 Å². The van der Waals surface area contributed by atoms with E-state index in [0.717, 1.165) is 28.5 Å². The molecule has 1 amide bonds. The van der Waals surface area contributed by atoms with Crippen LogP contribution in [-0.2, 0) is 9.59 Å². The maximum absolute atomic E-state index is 12.9. The van der Waals surface area contributed by atoms with E-state index in [4.69, 9.17) is 4.74 Å². The summed E-state index contributed by atoms with van der Waals surface area (Å²) in [6.45, 7) is 3.98. The molecule has 0 radical (unpaired) electrons. The fourth-order valence-electron chi connectivity index (χ4n) is 3.55. The number of aliphatic carboxylic acids is 1. The number of likely N-dealkylation sites (tertiary alicyclic amines) is 1. The zero-order valence-corrected chi connectivity index (χ0v) is 14.8.